The maximum atomic E-state index is 13.1. The number of anilines is 2. The van der Waals surface area contributed by atoms with Crippen LogP contribution in [0.2, 0.25) is 0 Å². The molecule has 3 nitrogen and oxygen atoms in total. The fraction of sp³-hybridized carbons (Fsp3) is 0.214. The lowest BCUT2D eigenvalue weighted by molar-refractivity contribution is 0.628. The highest BCUT2D eigenvalue weighted by Crippen LogP contribution is 2.22. The quantitative estimate of drug-likeness (QED) is 0.899. The standard InChI is InChI=1S/C14H16FN3/c1-18(13-4-2-3-12(15)9-13)14-6-5-11(7-8-16)10-17-14/h2-6,9-10H,7-8,16H2,1H3. The summed E-state index contributed by atoms with van der Waals surface area (Å²) < 4.78 is 13.1. The topological polar surface area (TPSA) is 42.1 Å². The van der Waals surface area contributed by atoms with Crippen LogP contribution in [0.1, 0.15) is 5.56 Å². The summed E-state index contributed by atoms with van der Waals surface area (Å²) in [6.45, 7) is 0.612. The summed E-state index contributed by atoms with van der Waals surface area (Å²) in [5, 5.41) is 0. The molecule has 0 radical (unpaired) electrons. The molecule has 1 aromatic heterocycles. The van der Waals surface area contributed by atoms with Crippen LogP contribution in [0.4, 0.5) is 15.9 Å². The van der Waals surface area contributed by atoms with Gasteiger partial charge in [0.25, 0.3) is 0 Å². The van der Waals surface area contributed by atoms with Crippen LogP contribution in [-0.2, 0) is 6.42 Å². The molecule has 2 rings (SSSR count). The maximum absolute atomic E-state index is 13.1. The molecular weight excluding hydrogens is 229 g/mol. The van der Waals surface area contributed by atoms with Gasteiger partial charge in [-0.2, -0.15) is 0 Å². The van der Waals surface area contributed by atoms with Crippen molar-refractivity contribution in [3.63, 3.8) is 0 Å². The molecular formula is C14H16FN3. The van der Waals surface area contributed by atoms with Crippen molar-refractivity contribution in [2.75, 3.05) is 18.5 Å². The zero-order valence-corrected chi connectivity index (χ0v) is 10.3. The van der Waals surface area contributed by atoms with Gasteiger partial charge in [-0.25, -0.2) is 9.37 Å². The van der Waals surface area contributed by atoms with Crippen LogP contribution in [-0.4, -0.2) is 18.6 Å². The summed E-state index contributed by atoms with van der Waals surface area (Å²) >= 11 is 0. The van der Waals surface area contributed by atoms with Crippen molar-refractivity contribution in [3.8, 4) is 0 Å². The van der Waals surface area contributed by atoms with Crippen molar-refractivity contribution in [2.24, 2.45) is 5.73 Å². The summed E-state index contributed by atoms with van der Waals surface area (Å²) in [7, 11) is 1.86. The number of hydrogen-bond acceptors (Lipinski definition) is 3. The molecule has 0 unspecified atom stereocenters. The second-order valence-corrected chi connectivity index (χ2v) is 4.10. The van der Waals surface area contributed by atoms with Crippen LogP contribution >= 0.6 is 0 Å². The Morgan fingerprint density at radius 3 is 2.72 bits per heavy atom. The van der Waals surface area contributed by atoms with Crippen molar-refractivity contribution in [3.05, 3.63) is 54.0 Å². The van der Waals surface area contributed by atoms with E-state index in [4.69, 9.17) is 5.73 Å². The normalized spacial score (nSPS) is 10.4. The van der Waals surface area contributed by atoms with Crippen molar-refractivity contribution in [1.82, 2.24) is 4.98 Å². The van der Waals surface area contributed by atoms with Gasteiger partial charge in [0.15, 0.2) is 0 Å². The Kier molecular flexibility index (Phi) is 3.89. The molecule has 18 heavy (non-hydrogen) atoms. The molecule has 0 bridgehead atoms. The lowest BCUT2D eigenvalue weighted by atomic mass is 10.2. The lowest BCUT2D eigenvalue weighted by Gasteiger charge is -2.18. The van der Waals surface area contributed by atoms with Gasteiger partial charge in [-0.15, -0.1) is 0 Å². The van der Waals surface area contributed by atoms with E-state index < -0.39 is 0 Å². The van der Waals surface area contributed by atoms with Gasteiger partial charge in [-0.1, -0.05) is 12.1 Å². The number of hydrogen-bond donors (Lipinski definition) is 1. The largest absolute Gasteiger partial charge is 0.330 e. The zero-order chi connectivity index (χ0) is 13.0. The van der Waals surface area contributed by atoms with Crippen molar-refractivity contribution in [1.29, 1.82) is 0 Å². The van der Waals surface area contributed by atoms with Gasteiger partial charge in [0, 0.05) is 18.9 Å². The van der Waals surface area contributed by atoms with Gasteiger partial charge in [-0.3, -0.25) is 0 Å². The van der Waals surface area contributed by atoms with Gasteiger partial charge < -0.3 is 10.6 Å². The van der Waals surface area contributed by atoms with Crippen LogP contribution in [0.15, 0.2) is 42.6 Å². The molecule has 0 aliphatic rings. The third-order valence-electron chi connectivity index (χ3n) is 2.78. The third kappa shape index (κ3) is 2.84. The Labute approximate surface area is 106 Å². The third-order valence-corrected chi connectivity index (χ3v) is 2.78. The summed E-state index contributed by atoms with van der Waals surface area (Å²) in [5.74, 6) is 0.528. The molecule has 0 fully saturated rings. The highest BCUT2D eigenvalue weighted by atomic mass is 19.1. The molecule has 0 amide bonds. The molecule has 1 heterocycles. The van der Waals surface area contributed by atoms with Gasteiger partial charge in [-0.05, 0) is 42.8 Å². The van der Waals surface area contributed by atoms with Gasteiger partial charge in [0.05, 0.1) is 0 Å². The summed E-state index contributed by atoms with van der Waals surface area (Å²) in [6, 6.07) is 10.3. The lowest BCUT2D eigenvalue weighted by Crippen LogP contribution is -2.11. The Hall–Kier alpha value is -1.94. The number of nitrogens with two attached hydrogens (primary N) is 1. The van der Waals surface area contributed by atoms with E-state index in [1.165, 1.54) is 12.1 Å². The van der Waals surface area contributed by atoms with E-state index in [0.29, 0.717) is 6.54 Å². The highest BCUT2D eigenvalue weighted by Gasteiger charge is 2.05. The van der Waals surface area contributed by atoms with Gasteiger partial charge in [0.2, 0.25) is 0 Å². The minimum Gasteiger partial charge on any atom is -0.330 e. The predicted octanol–water partition coefficient (Wildman–Crippen LogP) is 2.49. The zero-order valence-electron chi connectivity index (χ0n) is 10.3. The molecule has 94 valence electrons. The second-order valence-electron chi connectivity index (χ2n) is 4.10. The summed E-state index contributed by atoms with van der Waals surface area (Å²) in [5.41, 5.74) is 7.36. The number of halogens is 1. The van der Waals surface area contributed by atoms with Crippen LogP contribution in [0.3, 0.4) is 0 Å². The Balaban J connectivity index is 2.20. The molecule has 0 atom stereocenters. The molecule has 2 N–H and O–H groups in total. The molecule has 0 saturated carbocycles. The smallest absolute Gasteiger partial charge is 0.132 e. The number of rotatable bonds is 4. The van der Waals surface area contributed by atoms with E-state index >= 15 is 0 Å². The van der Waals surface area contributed by atoms with Crippen LogP contribution in [0.25, 0.3) is 0 Å². The first kappa shape index (κ1) is 12.5. The van der Waals surface area contributed by atoms with E-state index in [1.807, 2.05) is 30.1 Å². The average Bonchev–Trinajstić information content (AvgIpc) is 2.39. The first-order chi connectivity index (χ1) is 8.70. The van der Waals surface area contributed by atoms with Crippen LogP contribution in [0, 0.1) is 5.82 Å². The first-order valence-electron chi connectivity index (χ1n) is 5.85. The van der Waals surface area contributed by atoms with Crippen molar-refractivity contribution >= 4 is 11.5 Å². The van der Waals surface area contributed by atoms with E-state index in [9.17, 15) is 4.39 Å². The van der Waals surface area contributed by atoms with Gasteiger partial charge in [0.1, 0.15) is 11.6 Å². The molecule has 4 heteroatoms. The summed E-state index contributed by atoms with van der Waals surface area (Å²) in [6.07, 6.45) is 2.62. The average molecular weight is 245 g/mol. The highest BCUT2D eigenvalue weighted by molar-refractivity contribution is 5.58. The molecule has 1 aromatic carbocycles. The minimum absolute atomic E-state index is 0.251. The monoisotopic (exact) mass is 245 g/mol. The number of nitrogens with zero attached hydrogens (tertiary/aromatic N) is 2. The fourth-order valence-corrected chi connectivity index (χ4v) is 1.75. The Morgan fingerprint density at radius 1 is 1.28 bits per heavy atom. The SMILES string of the molecule is CN(c1cccc(F)c1)c1ccc(CCN)cn1. The maximum Gasteiger partial charge on any atom is 0.132 e. The van der Waals surface area contributed by atoms with E-state index in [1.54, 1.807) is 12.3 Å². The number of aromatic nitrogens is 1. The molecule has 0 spiro atoms. The minimum atomic E-state index is -0.251. The fourth-order valence-electron chi connectivity index (χ4n) is 1.75. The van der Waals surface area contributed by atoms with E-state index in [0.717, 1.165) is 23.5 Å². The Bertz CT molecular complexity index is 511. The molecule has 2 aromatic rings. The second kappa shape index (κ2) is 5.60. The Morgan fingerprint density at radius 2 is 2.11 bits per heavy atom. The van der Waals surface area contributed by atoms with Crippen LogP contribution in [0.5, 0.6) is 0 Å². The predicted molar refractivity (Wildman–Crippen MR) is 71.5 cm³/mol. The first-order valence-corrected chi connectivity index (χ1v) is 5.85. The summed E-state index contributed by atoms with van der Waals surface area (Å²) in [4.78, 5) is 6.19. The molecule has 0 saturated heterocycles. The van der Waals surface area contributed by atoms with Crippen LogP contribution < -0.4 is 10.6 Å². The van der Waals surface area contributed by atoms with Gasteiger partial charge >= 0.3 is 0 Å². The van der Waals surface area contributed by atoms with E-state index in [2.05, 4.69) is 4.98 Å². The number of pyridine rings is 1. The number of benzene rings is 1. The van der Waals surface area contributed by atoms with Crippen molar-refractivity contribution in [2.45, 2.75) is 6.42 Å². The van der Waals surface area contributed by atoms with Crippen molar-refractivity contribution < 1.29 is 4.39 Å². The van der Waals surface area contributed by atoms with E-state index in [-0.39, 0.29) is 5.82 Å². The molecule has 0 aliphatic carbocycles. The molecule has 0 aliphatic heterocycles.